The van der Waals surface area contributed by atoms with Crippen molar-refractivity contribution in [3.8, 4) is 0 Å². The Hall–Kier alpha value is -6.67. The zero-order valence-corrected chi connectivity index (χ0v) is 37.3. The minimum Gasteiger partial charge on any atom is -0.464 e. The molecule has 2 rings (SSSR count). The van der Waals surface area contributed by atoms with Crippen molar-refractivity contribution >= 4 is 58.9 Å². The smallest absolute Gasteiger partial charge is 0.328 e. The average Bonchev–Trinajstić information content (AvgIpc) is 3.74. The molecule has 6 amide bonds. The normalized spacial score (nSPS) is 13.7. The van der Waals surface area contributed by atoms with Gasteiger partial charge in [0, 0.05) is 69.9 Å². The first-order valence-electron chi connectivity index (χ1n) is 21.3. The SMILES string of the molecule is CCOC(=O)[C@H](C)NC(=O)CCC(=O)[C@H](Cc1ccccc1)NC(=O)[C@@H](CC(=O)[C@H](CCCN=C(N)N)NC(=O)[C@@H](CC(=O)[C@H](CNC(N)=O)NC(C)=O)CC(C)C)Cc1cnc[nH]1. The third-order valence-corrected chi connectivity index (χ3v) is 9.91. The number of urea groups is 1. The second-order valence-corrected chi connectivity index (χ2v) is 15.9. The van der Waals surface area contributed by atoms with E-state index in [1.165, 1.54) is 26.4 Å². The van der Waals surface area contributed by atoms with Crippen LogP contribution < -0.4 is 43.8 Å². The van der Waals surface area contributed by atoms with Crippen molar-refractivity contribution in [1.82, 2.24) is 36.6 Å². The highest BCUT2D eigenvalue weighted by atomic mass is 16.5. The van der Waals surface area contributed by atoms with Crippen LogP contribution in [0.1, 0.15) is 90.8 Å². The number of nitrogens with two attached hydrogens (primary N) is 3. The lowest BCUT2D eigenvalue weighted by molar-refractivity contribution is -0.146. The van der Waals surface area contributed by atoms with Gasteiger partial charge in [0.15, 0.2) is 23.3 Å². The van der Waals surface area contributed by atoms with Gasteiger partial charge >= 0.3 is 12.0 Å². The van der Waals surface area contributed by atoms with Gasteiger partial charge in [0.25, 0.3) is 0 Å². The quantitative estimate of drug-likeness (QED) is 0.0216. The van der Waals surface area contributed by atoms with E-state index >= 15 is 0 Å². The van der Waals surface area contributed by atoms with E-state index in [1.807, 2.05) is 13.8 Å². The van der Waals surface area contributed by atoms with Crippen LogP contribution in [0.15, 0.2) is 47.8 Å². The van der Waals surface area contributed by atoms with Gasteiger partial charge in [0.2, 0.25) is 23.6 Å². The fraction of sp³-hybridized carbons (Fsp3) is 0.558. The Morgan fingerprint density at radius 2 is 1.42 bits per heavy atom. The molecule has 0 fully saturated rings. The number of guanidine groups is 1. The number of hydrogen-bond donors (Lipinski definition) is 9. The van der Waals surface area contributed by atoms with Crippen molar-refractivity contribution in [2.45, 2.75) is 117 Å². The van der Waals surface area contributed by atoms with E-state index in [0.29, 0.717) is 11.3 Å². The number of H-pyrrole nitrogens is 1. The van der Waals surface area contributed by atoms with Gasteiger partial charge < -0.3 is 53.5 Å². The van der Waals surface area contributed by atoms with Gasteiger partial charge in [-0.05, 0) is 51.0 Å². The number of ketones is 3. The molecule has 21 heteroatoms. The standard InChI is InChI=1S/C43H65N11O10/c1-6-64-41(62)26(4)51-38(59)15-14-35(56)33(18-28-11-8-7-9-12-28)54-40(61)30(19-31-22-47-24-50-31)21-36(57)32(13-10-16-48-42(44)45)53-39(60)29(17-25(2)3)20-37(58)34(52-27(5)55)23-49-43(46)63/h7-9,11-12,22,24-26,29-30,32-34H,6,10,13-21,23H2,1-5H3,(H,47,50)(H,51,59)(H,52,55)(H,53,60)(H,54,61)(H4,44,45,48)(H3,46,49,63)/t26-,29+,30+,32-,33-,34-/m0/s1. The Balaban J connectivity index is 2.42. The Morgan fingerprint density at radius 3 is 2.02 bits per heavy atom. The zero-order valence-electron chi connectivity index (χ0n) is 37.3. The maximum Gasteiger partial charge on any atom is 0.328 e. The van der Waals surface area contributed by atoms with Gasteiger partial charge in [-0.15, -0.1) is 0 Å². The van der Waals surface area contributed by atoms with Crippen molar-refractivity contribution < 1.29 is 47.9 Å². The van der Waals surface area contributed by atoms with Crippen LogP contribution in [-0.4, -0.2) is 113 Å². The summed E-state index contributed by atoms with van der Waals surface area (Å²) in [5.74, 6) is -6.89. The number of hydrogen-bond acceptors (Lipinski definition) is 12. The van der Waals surface area contributed by atoms with E-state index in [9.17, 15) is 43.2 Å². The zero-order chi connectivity index (χ0) is 47.8. The van der Waals surface area contributed by atoms with Gasteiger partial charge in [0.05, 0.1) is 30.9 Å². The monoisotopic (exact) mass is 895 g/mol. The van der Waals surface area contributed by atoms with Gasteiger partial charge in [-0.1, -0.05) is 44.2 Å². The van der Waals surface area contributed by atoms with E-state index in [0.717, 1.165) is 0 Å². The van der Waals surface area contributed by atoms with Gasteiger partial charge in [-0.2, -0.15) is 0 Å². The van der Waals surface area contributed by atoms with E-state index in [-0.39, 0.29) is 82.9 Å². The number of carbonyl (C=O) groups is 9. The summed E-state index contributed by atoms with van der Waals surface area (Å²) in [6.07, 6.45) is 2.15. The largest absolute Gasteiger partial charge is 0.464 e. The molecular formula is C43H65N11O10. The topological polar surface area (TPSA) is 342 Å². The molecule has 0 unspecified atom stereocenters. The van der Waals surface area contributed by atoms with Crippen LogP contribution in [0.3, 0.4) is 0 Å². The third kappa shape index (κ3) is 20.9. The summed E-state index contributed by atoms with van der Waals surface area (Å²) in [4.78, 5) is 129. The van der Waals surface area contributed by atoms with Gasteiger partial charge in [-0.3, -0.25) is 38.6 Å². The predicted molar refractivity (Wildman–Crippen MR) is 236 cm³/mol. The number of primary amides is 1. The second-order valence-electron chi connectivity index (χ2n) is 15.9. The number of rotatable bonds is 30. The van der Waals surface area contributed by atoms with E-state index in [2.05, 4.69) is 41.5 Å². The minimum atomic E-state index is -1.18. The van der Waals surface area contributed by atoms with Crippen molar-refractivity contribution in [3.63, 3.8) is 0 Å². The first-order valence-corrected chi connectivity index (χ1v) is 21.3. The third-order valence-electron chi connectivity index (χ3n) is 9.91. The molecule has 12 N–H and O–H groups in total. The fourth-order valence-electron chi connectivity index (χ4n) is 6.78. The lowest BCUT2D eigenvalue weighted by atomic mass is 9.88. The number of benzene rings is 1. The molecule has 0 radical (unpaired) electrons. The van der Waals surface area contributed by atoms with E-state index < -0.39 is 95.4 Å². The summed E-state index contributed by atoms with van der Waals surface area (Å²) in [7, 11) is 0. The van der Waals surface area contributed by atoms with Crippen LogP contribution >= 0.6 is 0 Å². The Kier molecular flexibility index (Phi) is 23.5. The molecule has 2 aromatic rings. The predicted octanol–water partition coefficient (Wildman–Crippen LogP) is 0.00510. The number of aromatic amines is 1. The first kappa shape index (κ1) is 53.5. The van der Waals surface area contributed by atoms with Crippen molar-refractivity contribution in [2.24, 2.45) is 39.9 Å². The molecule has 0 aliphatic heterocycles. The molecule has 352 valence electrons. The first-order chi connectivity index (χ1) is 30.3. The van der Waals surface area contributed by atoms with Crippen LogP contribution in [-0.2, 0) is 55.9 Å². The van der Waals surface area contributed by atoms with E-state index in [4.69, 9.17) is 21.9 Å². The number of aliphatic imine (C=N–C) groups is 1. The van der Waals surface area contributed by atoms with Gasteiger partial charge in [-0.25, -0.2) is 14.6 Å². The highest BCUT2D eigenvalue weighted by molar-refractivity contribution is 5.97. The van der Waals surface area contributed by atoms with Crippen molar-refractivity contribution in [2.75, 3.05) is 19.7 Å². The van der Waals surface area contributed by atoms with Crippen LogP contribution in [0, 0.1) is 17.8 Å². The van der Waals surface area contributed by atoms with Crippen molar-refractivity contribution in [3.05, 3.63) is 54.1 Å². The maximum atomic E-state index is 14.3. The number of imidazole rings is 1. The number of amides is 6. The summed E-state index contributed by atoms with van der Waals surface area (Å²) in [6.45, 7) is 7.92. The molecule has 1 aromatic heterocycles. The van der Waals surface area contributed by atoms with E-state index in [1.54, 1.807) is 37.3 Å². The molecule has 0 saturated carbocycles. The fourth-order valence-corrected chi connectivity index (χ4v) is 6.78. The Morgan fingerprint density at radius 1 is 0.781 bits per heavy atom. The molecule has 0 saturated heterocycles. The molecule has 0 bridgehead atoms. The molecule has 0 aliphatic carbocycles. The number of aromatic nitrogens is 2. The molecule has 6 atom stereocenters. The lowest BCUT2D eigenvalue weighted by Crippen LogP contribution is -2.50. The highest BCUT2D eigenvalue weighted by Crippen LogP contribution is 2.20. The van der Waals surface area contributed by atoms with Crippen molar-refractivity contribution in [1.29, 1.82) is 0 Å². The molecule has 1 heterocycles. The second kappa shape index (κ2) is 28.1. The summed E-state index contributed by atoms with van der Waals surface area (Å²) in [6, 6.07) is 3.57. The summed E-state index contributed by atoms with van der Waals surface area (Å²) in [5.41, 5.74) is 17.4. The van der Waals surface area contributed by atoms with Crippen LogP contribution in [0.25, 0.3) is 0 Å². The number of esters is 1. The van der Waals surface area contributed by atoms with Crippen LogP contribution in [0.4, 0.5) is 4.79 Å². The minimum absolute atomic E-state index is 0.0129. The number of nitrogens with one attached hydrogen (secondary N) is 6. The molecule has 1 aromatic carbocycles. The number of ether oxygens (including phenoxy) is 1. The van der Waals surface area contributed by atoms with Crippen LogP contribution in [0.2, 0.25) is 0 Å². The number of carbonyl (C=O) groups excluding carboxylic acids is 9. The molecular weight excluding hydrogens is 831 g/mol. The van der Waals surface area contributed by atoms with Crippen LogP contribution in [0.5, 0.6) is 0 Å². The Bertz CT molecular complexity index is 1900. The summed E-state index contributed by atoms with van der Waals surface area (Å²) < 4.78 is 4.93. The molecule has 64 heavy (non-hydrogen) atoms. The summed E-state index contributed by atoms with van der Waals surface area (Å²) >= 11 is 0. The summed E-state index contributed by atoms with van der Waals surface area (Å²) in [5, 5.41) is 12.9. The lowest BCUT2D eigenvalue weighted by Gasteiger charge is -2.26. The molecule has 0 aliphatic rings. The highest BCUT2D eigenvalue weighted by Gasteiger charge is 2.34. The number of Topliss-reactive ketones (excluding diaryl/α,β-unsaturated/α-hetero) is 3. The average molecular weight is 896 g/mol. The number of nitrogens with zero attached hydrogens (tertiary/aromatic N) is 2. The van der Waals surface area contributed by atoms with Gasteiger partial charge in [0.1, 0.15) is 12.1 Å². The molecule has 21 nitrogen and oxygen atoms in total. The maximum absolute atomic E-state index is 14.3. The Labute approximate surface area is 373 Å². The molecule has 0 spiro atoms.